The summed E-state index contributed by atoms with van der Waals surface area (Å²) >= 11 is 0. The summed E-state index contributed by atoms with van der Waals surface area (Å²) in [6.45, 7) is 1.06. The van der Waals surface area contributed by atoms with Crippen LogP contribution in [0.3, 0.4) is 0 Å². The highest BCUT2D eigenvalue weighted by atomic mass is 16.2. The molecule has 0 fully saturated rings. The van der Waals surface area contributed by atoms with Crippen LogP contribution in [0.25, 0.3) is 0 Å². The zero-order valence-corrected chi connectivity index (χ0v) is 12.5. The van der Waals surface area contributed by atoms with Crippen molar-refractivity contribution in [3.63, 3.8) is 0 Å². The number of aromatic nitrogens is 1. The summed E-state index contributed by atoms with van der Waals surface area (Å²) in [5.41, 5.74) is 2.21. The van der Waals surface area contributed by atoms with Gasteiger partial charge in [0.15, 0.2) is 0 Å². The van der Waals surface area contributed by atoms with Gasteiger partial charge in [-0.15, -0.1) is 0 Å². The number of hydrogen-bond donors (Lipinski definition) is 1. The monoisotopic (exact) mass is 294 g/mol. The molecule has 0 atom stereocenters. The van der Waals surface area contributed by atoms with E-state index in [1.807, 2.05) is 24.1 Å². The van der Waals surface area contributed by atoms with Gasteiger partial charge in [0, 0.05) is 18.9 Å². The van der Waals surface area contributed by atoms with Gasteiger partial charge in [0.1, 0.15) is 6.07 Å². The molecule has 0 saturated carbocycles. The van der Waals surface area contributed by atoms with E-state index in [9.17, 15) is 4.79 Å². The fourth-order valence-corrected chi connectivity index (χ4v) is 2.07. The average Bonchev–Trinajstić information content (AvgIpc) is 2.54. The van der Waals surface area contributed by atoms with E-state index in [-0.39, 0.29) is 12.5 Å². The molecule has 0 spiro atoms. The predicted molar refractivity (Wildman–Crippen MR) is 85.2 cm³/mol. The van der Waals surface area contributed by atoms with Gasteiger partial charge in [0.25, 0.3) is 0 Å². The van der Waals surface area contributed by atoms with Crippen LogP contribution >= 0.6 is 0 Å². The molecule has 112 valence electrons. The van der Waals surface area contributed by atoms with Gasteiger partial charge < -0.3 is 5.32 Å². The zero-order valence-electron chi connectivity index (χ0n) is 12.5. The minimum absolute atomic E-state index is 0.125. The summed E-state index contributed by atoms with van der Waals surface area (Å²) in [7, 11) is 1.90. The Morgan fingerprint density at radius 2 is 2.00 bits per heavy atom. The number of carbonyl (C=O) groups is 1. The first kappa shape index (κ1) is 15.7. The molecule has 0 aliphatic carbocycles. The molecule has 2 aromatic rings. The Labute approximate surface area is 130 Å². The molecular weight excluding hydrogens is 276 g/mol. The van der Waals surface area contributed by atoms with Gasteiger partial charge in [-0.05, 0) is 43.3 Å². The fourth-order valence-electron chi connectivity index (χ4n) is 2.07. The van der Waals surface area contributed by atoms with E-state index in [4.69, 9.17) is 5.26 Å². The largest absolute Gasteiger partial charge is 0.324 e. The zero-order chi connectivity index (χ0) is 15.8. The number of para-hydroxylation sites is 1. The average molecular weight is 294 g/mol. The second-order valence-corrected chi connectivity index (χ2v) is 5.05. The standard InChI is InChI=1S/C17H18N4O/c1-21(11-8-14-6-9-19-10-7-14)13-17(22)20-16-5-3-2-4-15(16)12-18/h2-7,9-10H,8,11,13H2,1H3,(H,20,22). The lowest BCUT2D eigenvalue weighted by molar-refractivity contribution is -0.117. The van der Waals surface area contributed by atoms with Gasteiger partial charge in [-0.3, -0.25) is 14.7 Å². The Balaban J connectivity index is 1.83. The topological polar surface area (TPSA) is 69.0 Å². The number of carbonyl (C=O) groups excluding carboxylic acids is 1. The number of nitrogens with zero attached hydrogens (tertiary/aromatic N) is 3. The van der Waals surface area contributed by atoms with Crippen molar-refractivity contribution in [3.05, 3.63) is 59.9 Å². The molecule has 2 rings (SSSR count). The molecule has 1 N–H and O–H groups in total. The highest BCUT2D eigenvalue weighted by Gasteiger charge is 2.09. The van der Waals surface area contributed by atoms with Gasteiger partial charge in [-0.2, -0.15) is 5.26 Å². The van der Waals surface area contributed by atoms with Gasteiger partial charge in [-0.25, -0.2) is 0 Å². The Hall–Kier alpha value is -2.71. The van der Waals surface area contributed by atoms with Gasteiger partial charge in [0.2, 0.25) is 5.91 Å². The summed E-state index contributed by atoms with van der Waals surface area (Å²) in [6, 6.07) is 13.0. The quantitative estimate of drug-likeness (QED) is 0.885. The van der Waals surface area contributed by atoms with E-state index in [1.165, 1.54) is 5.56 Å². The second-order valence-electron chi connectivity index (χ2n) is 5.05. The van der Waals surface area contributed by atoms with Gasteiger partial charge in [-0.1, -0.05) is 12.1 Å². The van der Waals surface area contributed by atoms with Crippen molar-refractivity contribution in [2.75, 3.05) is 25.5 Å². The Morgan fingerprint density at radius 3 is 2.73 bits per heavy atom. The molecule has 1 aromatic carbocycles. The maximum atomic E-state index is 12.0. The Bertz CT molecular complexity index is 664. The molecule has 0 unspecified atom stereocenters. The lowest BCUT2D eigenvalue weighted by atomic mass is 10.2. The lowest BCUT2D eigenvalue weighted by Crippen LogP contribution is -2.31. The number of rotatable bonds is 6. The van der Waals surface area contributed by atoms with E-state index in [2.05, 4.69) is 16.4 Å². The van der Waals surface area contributed by atoms with Gasteiger partial charge in [0.05, 0.1) is 17.8 Å². The van der Waals surface area contributed by atoms with Crippen LogP contribution in [0.1, 0.15) is 11.1 Å². The number of likely N-dealkylation sites (N-methyl/N-ethyl adjacent to an activating group) is 1. The molecular formula is C17H18N4O. The molecule has 0 bridgehead atoms. The van der Waals surface area contributed by atoms with Crippen molar-refractivity contribution < 1.29 is 4.79 Å². The summed E-state index contributed by atoms with van der Waals surface area (Å²) in [5, 5.41) is 11.8. The minimum Gasteiger partial charge on any atom is -0.324 e. The Kier molecular flexibility index (Phi) is 5.64. The van der Waals surface area contributed by atoms with Crippen LogP contribution in [-0.2, 0) is 11.2 Å². The fraction of sp³-hybridized carbons (Fsp3) is 0.235. The summed E-state index contributed by atoms with van der Waals surface area (Å²) in [4.78, 5) is 18.0. The van der Waals surface area contributed by atoms with Crippen molar-refractivity contribution in [2.24, 2.45) is 0 Å². The van der Waals surface area contributed by atoms with Crippen molar-refractivity contribution in [3.8, 4) is 6.07 Å². The third-order valence-corrected chi connectivity index (χ3v) is 3.27. The second kappa shape index (κ2) is 7.91. The van der Waals surface area contributed by atoms with E-state index in [1.54, 1.807) is 36.7 Å². The highest BCUT2D eigenvalue weighted by Crippen LogP contribution is 2.13. The molecule has 22 heavy (non-hydrogen) atoms. The van der Waals surface area contributed by atoms with Crippen LogP contribution in [0.15, 0.2) is 48.8 Å². The molecule has 1 heterocycles. The third kappa shape index (κ3) is 4.69. The number of benzene rings is 1. The first-order valence-corrected chi connectivity index (χ1v) is 7.05. The van der Waals surface area contributed by atoms with Crippen LogP contribution in [0.5, 0.6) is 0 Å². The van der Waals surface area contributed by atoms with Crippen LogP contribution in [0.4, 0.5) is 5.69 Å². The number of pyridine rings is 1. The van der Waals surface area contributed by atoms with Crippen LogP contribution in [0, 0.1) is 11.3 Å². The van der Waals surface area contributed by atoms with Crippen LogP contribution in [-0.4, -0.2) is 35.9 Å². The van der Waals surface area contributed by atoms with E-state index < -0.39 is 0 Å². The van der Waals surface area contributed by atoms with E-state index in [0.717, 1.165) is 13.0 Å². The van der Waals surface area contributed by atoms with Crippen LogP contribution < -0.4 is 5.32 Å². The number of nitrogens with one attached hydrogen (secondary N) is 1. The maximum Gasteiger partial charge on any atom is 0.238 e. The Morgan fingerprint density at radius 1 is 1.27 bits per heavy atom. The third-order valence-electron chi connectivity index (χ3n) is 3.27. The summed E-state index contributed by atoms with van der Waals surface area (Å²) in [6.07, 6.45) is 4.39. The highest BCUT2D eigenvalue weighted by molar-refractivity contribution is 5.93. The molecule has 1 aromatic heterocycles. The number of anilines is 1. The predicted octanol–water partition coefficient (Wildman–Crippen LogP) is 2.07. The van der Waals surface area contributed by atoms with Gasteiger partial charge >= 0.3 is 0 Å². The molecule has 5 heteroatoms. The first-order valence-electron chi connectivity index (χ1n) is 7.05. The first-order chi connectivity index (χ1) is 10.7. The molecule has 1 amide bonds. The number of amides is 1. The molecule has 0 saturated heterocycles. The molecule has 0 radical (unpaired) electrons. The maximum absolute atomic E-state index is 12.0. The van der Waals surface area contributed by atoms with Crippen LogP contribution in [0.2, 0.25) is 0 Å². The molecule has 0 aliphatic rings. The smallest absolute Gasteiger partial charge is 0.238 e. The normalized spacial score (nSPS) is 10.2. The summed E-state index contributed by atoms with van der Waals surface area (Å²) < 4.78 is 0. The number of hydrogen-bond acceptors (Lipinski definition) is 4. The van der Waals surface area contributed by atoms with Crippen molar-refractivity contribution in [2.45, 2.75) is 6.42 Å². The number of nitriles is 1. The van der Waals surface area contributed by atoms with E-state index in [0.29, 0.717) is 11.3 Å². The summed E-state index contributed by atoms with van der Waals surface area (Å²) in [5.74, 6) is -0.125. The van der Waals surface area contributed by atoms with E-state index >= 15 is 0 Å². The SMILES string of the molecule is CN(CCc1ccncc1)CC(=O)Nc1ccccc1C#N. The van der Waals surface area contributed by atoms with Crippen molar-refractivity contribution >= 4 is 11.6 Å². The lowest BCUT2D eigenvalue weighted by Gasteiger charge is -2.16. The minimum atomic E-state index is -0.125. The van der Waals surface area contributed by atoms with Crippen molar-refractivity contribution in [1.82, 2.24) is 9.88 Å². The molecule has 5 nitrogen and oxygen atoms in total. The van der Waals surface area contributed by atoms with Crippen molar-refractivity contribution in [1.29, 1.82) is 5.26 Å². The molecule has 0 aliphatic heterocycles.